The summed E-state index contributed by atoms with van der Waals surface area (Å²) in [5.41, 5.74) is 0.728. The molecule has 30 heavy (non-hydrogen) atoms. The van der Waals surface area contributed by atoms with Crippen molar-refractivity contribution in [2.75, 3.05) is 13.1 Å². The van der Waals surface area contributed by atoms with Crippen molar-refractivity contribution in [3.63, 3.8) is 0 Å². The van der Waals surface area contributed by atoms with Gasteiger partial charge < -0.3 is 5.32 Å². The molecule has 0 radical (unpaired) electrons. The maximum Gasteiger partial charge on any atom is 0.223 e. The number of sulfonamides is 1. The van der Waals surface area contributed by atoms with E-state index in [1.807, 2.05) is 0 Å². The van der Waals surface area contributed by atoms with Crippen molar-refractivity contribution in [2.24, 2.45) is 23.7 Å². The molecule has 1 N–H and O–H groups in total. The molecule has 4 saturated carbocycles. The monoisotopic (exact) mass is 450 g/mol. The van der Waals surface area contributed by atoms with E-state index in [0.717, 1.165) is 37.0 Å². The van der Waals surface area contributed by atoms with E-state index in [4.69, 9.17) is 11.6 Å². The summed E-state index contributed by atoms with van der Waals surface area (Å²) < 4.78 is 27.2. The smallest absolute Gasteiger partial charge is 0.223 e. The second-order valence-corrected chi connectivity index (χ2v) is 12.7. The first-order valence-electron chi connectivity index (χ1n) is 11.3. The molecule has 1 aromatic carbocycles. The van der Waals surface area contributed by atoms with Crippen LogP contribution in [-0.2, 0) is 20.6 Å². The average Bonchev–Trinajstić information content (AvgIpc) is 2.66. The van der Waals surface area contributed by atoms with Crippen LogP contribution < -0.4 is 5.32 Å². The molecule has 5 fully saturated rings. The summed E-state index contributed by atoms with van der Waals surface area (Å²) in [4.78, 5) is 13.1. The fourth-order valence-corrected chi connectivity index (χ4v) is 8.72. The number of hydrogen-bond acceptors (Lipinski definition) is 3. The molecule has 0 atom stereocenters. The van der Waals surface area contributed by atoms with Crippen molar-refractivity contribution in [2.45, 2.75) is 62.7 Å². The maximum absolute atomic E-state index is 13.1. The van der Waals surface area contributed by atoms with Crippen LogP contribution in [-0.4, -0.2) is 37.3 Å². The van der Waals surface area contributed by atoms with Gasteiger partial charge in [0.1, 0.15) is 0 Å². The minimum Gasteiger partial charge on any atom is -0.350 e. The van der Waals surface area contributed by atoms with Gasteiger partial charge in [0.15, 0.2) is 0 Å². The number of carbonyl (C=O) groups excluding carboxylic acids is 1. The molecule has 0 aromatic heterocycles. The highest BCUT2D eigenvalue weighted by molar-refractivity contribution is 7.88. The van der Waals surface area contributed by atoms with Crippen molar-refractivity contribution in [1.82, 2.24) is 9.62 Å². The molecule has 5 aliphatic rings. The van der Waals surface area contributed by atoms with Crippen molar-refractivity contribution >= 4 is 27.5 Å². The molecular weight excluding hydrogens is 420 g/mol. The lowest BCUT2D eigenvalue weighted by molar-refractivity contribution is -0.132. The Morgan fingerprint density at radius 1 is 1.07 bits per heavy atom. The van der Waals surface area contributed by atoms with Crippen LogP contribution in [0.4, 0.5) is 0 Å². The van der Waals surface area contributed by atoms with Gasteiger partial charge in [-0.2, -0.15) is 0 Å². The van der Waals surface area contributed by atoms with Crippen LogP contribution in [0.15, 0.2) is 24.3 Å². The Kier molecular flexibility index (Phi) is 5.39. The van der Waals surface area contributed by atoms with Crippen molar-refractivity contribution < 1.29 is 13.2 Å². The second-order valence-electron chi connectivity index (χ2n) is 10.2. The first-order chi connectivity index (χ1) is 14.3. The number of rotatable bonds is 5. The van der Waals surface area contributed by atoms with Crippen LogP contribution in [0.25, 0.3) is 0 Å². The van der Waals surface area contributed by atoms with Gasteiger partial charge in [0.05, 0.1) is 5.75 Å². The predicted octanol–water partition coefficient (Wildman–Crippen LogP) is 3.97. The molecule has 1 aromatic rings. The molecule has 1 heterocycles. The maximum atomic E-state index is 13.1. The summed E-state index contributed by atoms with van der Waals surface area (Å²) in [6.07, 6.45) is 8.74. The molecule has 6 rings (SSSR count). The minimum atomic E-state index is -3.40. The van der Waals surface area contributed by atoms with Gasteiger partial charge in [0.25, 0.3) is 0 Å². The molecule has 1 aliphatic heterocycles. The molecule has 164 valence electrons. The van der Waals surface area contributed by atoms with Gasteiger partial charge in [-0.25, -0.2) is 12.7 Å². The Labute approximate surface area is 184 Å². The molecular formula is C23H31ClN2O3S. The lowest BCUT2D eigenvalue weighted by Crippen LogP contribution is -2.61. The Hall–Kier alpha value is -1.11. The molecule has 1 saturated heterocycles. The second kappa shape index (κ2) is 7.79. The van der Waals surface area contributed by atoms with E-state index in [2.05, 4.69) is 5.32 Å². The zero-order chi connectivity index (χ0) is 20.9. The third-order valence-electron chi connectivity index (χ3n) is 7.88. The van der Waals surface area contributed by atoms with Crippen LogP contribution in [0, 0.1) is 23.7 Å². The topological polar surface area (TPSA) is 66.5 Å². The Morgan fingerprint density at radius 2 is 1.67 bits per heavy atom. The molecule has 0 spiro atoms. The van der Waals surface area contributed by atoms with Gasteiger partial charge in [0, 0.05) is 29.6 Å². The molecule has 4 aliphatic carbocycles. The van der Waals surface area contributed by atoms with Gasteiger partial charge in [-0.15, -0.1) is 0 Å². The Morgan fingerprint density at radius 3 is 2.23 bits per heavy atom. The van der Waals surface area contributed by atoms with E-state index < -0.39 is 10.0 Å². The summed E-state index contributed by atoms with van der Waals surface area (Å²) in [6, 6.07) is 7.00. The van der Waals surface area contributed by atoms with Crippen LogP contribution >= 0.6 is 11.6 Å². The van der Waals surface area contributed by atoms with Crippen LogP contribution in [0.1, 0.15) is 56.9 Å². The van der Waals surface area contributed by atoms with E-state index in [0.29, 0.717) is 36.5 Å². The fourth-order valence-electron chi connectivity index (χ4n) is 6.95. The first-order valence-corrected chi connectivity index (χ1v) is 13.3. The van der Waals surface area contributed by atoms with Crippen molar-refractivity contribution in [3.05, 3.63) is 34.9 Å². The number of carbonyl (C=O) groups is 1. The largest absolute Gasteiger partial charge is 0.350 e. The highest BCUT2D eigenvalue weighted by atomic mass is 35.5. The van der Waals surface area contributed by atoms with Crippen LogP contribution in [0.3, 0.4) is 0 Å². The summed E-state index contributed by atoms with van der Waals surface area (Å²) in [5, 5.41) is 4.02. The van der Waals surface area contributed by atoms with E-state index in [1.165, 1.54) is 19.3 Å². The Balaban J connectivity index is 1.17. The zero-order valence-electron chi connectivity index (χ0n) is 17.4. The number of nitrogens with zero attached hydrogens (tertiary/aromatic N) is 1. The predicted molar refractivity (Wildman–Crippen MR) is 117 cm³/mol. The van der Waals surface area contributed by atoms with E-state index in [1.54, 1.807) is 28.6 Å². The summed E-state index contributed by atoms with van der Waals surface area (Å²) in [5.74, 6) is 2.44. The number of hydrogen-bond donors (Lipinski definition) is 1. The molecule has 7 heteroatoms. The number of piperidine rings is 1. The lowest BCUT2D eigenvalue weighted by Gasteiger charge is -2.57. The van der Waals surface area contributed by atoms with Crippen molar-refractivity contribution in [3.8, 4) is 0 Å². The number of halogens is 1. The number of benzene rings is 1. The number of nitrogens with one attached hydrogen (secondary N) is 1. The summed E-state index contributed by atoms with van der Waals surface area (Å²) >= 11 is 5.99. The highest BCUT2D eigenvalue weighted by Crippen LogP contribution is 2.55. The third-order valence-corrected chi connectivity index (χ3v) is 9.97. The van der Waals surface area contributed by atoms with Gasteiger partial charge in [-0.3, -0.25) is 4.79 Å². The average molecular weight is 451 g/mol. The minimum absolute atomic E-state index is 0.0294. The zero-order valence-corrected chi connectivity index (χ0v) is 18.9. The van der Waals surface area contributed by atoms with E-state index in [9.17, 15) is 13.2 Å². The van der Waals surface area contributed by atoms with E-state index >= 15 is 0 Å². The van der Waals surface area contributed by atoms with E-state index in [-0.39, 0.29) is 23.1 Å². The van der Waals surface area contributed by atoms with Crippen LogP contribution in [0.5, 0.6) is 0 Å². The molecule has 4 bridgehead atoms. The quantitative estimate of drug-likeness (QED) is 0.738. The first kappa shape index (κ1) is 20.8. The summed E-state index contributed by atoms with van der Waals surface area (Å²) in [7, 11) is -3.40. The fraction of sp³-hybridized carbons (Fsp3) is 0.696. The SMILES string of the molecule is O=C(NC12CC3CC(CC(C3)C1)C2)C1CCN(S(=O)(=O)Cc2cccc(Cl)c2)CC1. The molecule has 0 unspecified atom stereocenters. The van der Waals surface area contributed by atoms with Gasteiger partial charge in [-0.05, 0) is 86.8 Å². The van der Waals surface area contributed by atoms with Crippen molar-refractivity contribution in [1.29, 1.82) is 0 Å². The normalized spacial score (nSPS) is 34.2. The molecule has 5 nitrogen and oxygen atoms in total. The highest BCUT2D eigenvalue weighted by Gasteiger charge is 2.52. The van der Waals surface area contributed by atoms with Crippen LogP contribution in [0.2, 0.25) is 5.02 Å². The molecule has 1 amide bonds. The van der Waals surface area contributed by atoms with Gasteiger partial charge in [-0.1, -0.05) is 23.7 Å². The lowest BCUT2D eigenvalue weighted by atomic mass is 9.53. The summed E-state index contributed by atoms with van der Waals surface area (Å²) in [6.45, 7) is 0.837. The number of amides is 1. The van der Waals surface area contributed by atoms with Gasteiger partial charge >= 0.3 is 0 Å². The third kappa shape index (κ3) is 4.15. The van der Waals surface area contributed by atoms with Gasteiger partial charge in [0.2, 0.25) is 15.9 Å². The standard InChI is InChI=1S/C23H31ClN2O3S/c24-21-3-1-2-16(11-21)15-30(28,29)26-6-4-20(5-7-26)22(27)25-23-12-17-8-18(13-23)10-19(9-17)14-23/h1-3,11,17-20H,4-10,12-15H2,(H,25,27). The Bertz CT molecular complexity index is 889.